The normalized spacial score (nSPS) is 37.6. The van der Waals surface area contributed by atoms with E-state index < -0.39 is 0 Å². The second-order valence-corrected chi connectivity index (χ2v) is 9.62. The number of piperazine rings is 1. The van der Waals surface area contributed by atoms with E-state index in [4.69, 9.17) is 0 Å². The Bertz CT molecular complexity index is 358. The zero-order valence-corrected chi connectivity index (χ0v) is 15.0. The molecule has 0 N–H and O–H groups in total. The van der Waals surface area contributed by atoms with Gasteiger partial charge in [0.15, 0.2) is 0 Å². The Balaban J connectivity index is 1.77. The van der Waals surface area contributed by atoms with Gasteiger partial charge in [0.05, 0.1) is 0 Å². The van der Waals surface area contributed by atoms with E-state index >= 15 is 0 Å². The lowest BCUT2D eigenvalue weighted by Crippen LogP contribution is -2.60. The summed E-state index contributed by atoms with van der Waals surface area (Å²) in [5.74, 6) is 0. The molecule has 2 atom stereocenters. The summed E-state index contributed by atoms with van der Waals surface area (Å²) in [5, 5.41) is 0. The second kappa shape index (κ2) is 5.53. The molecule has 122 valence electrons. The van der Waals surface area contributed by atoms with Crippen LogP contribution in [0.1, 0.15) is 73.1 Å². The van der Waals surface area contributed by atoms with Crippen LogP contribution < -0.4 is 0 Å². The molecule has 3 aliphatic rings. The van der Waals surface area contributed by atoms with E-state index in [-0.39, 0.29) is 0 Å². The Labute approximate surface area is 132 Å². The van der Waals surface area contributed by atoms with Crippen LogP contribution in [0.3, 0.4) is 0 Å². The molecule has 2 unspecified atom stereocenters. The largest absolute Gasteiger partial charge is 0.298 e. The SMILES string of the molecule is CCC1CN2CCCC2CN1C1CC(C)(C)CC(C)(C)C1. The molecule has 3 fully saturated rings. The average molecular weight is 293 g/mol. The predicted molar refractivity (Wildman–Crippen MR) is 90.6 cm³/mol. The molecule has 0 spiro atoms. The lowest BCUT2D eigenvalue weighted by Gasteiger charge is -2.53. The van der Waals surface area contributed by atoms with E-state index in [0.29, 0.717) is 10.8 Å². The zero-order chi connectivity index (χ0) is 15.3. The summed E-state index contributed by atoms with van der Waals surface area (Å²) in [4.78, 5) is 5.72. The number of nitrogens with zero attached hydrogens (tertiary/aromatic N) is 2. The Morgan fingerprint density at radius 2 is 1.62 bits per heavy atom. The highest BCUT2D eigenvalue weighted by Crippen LogP contribution is 2.48. The summed E-state index contributed by atoms with van der Waals surface area (Å²) in [6.45, 7) is 16.4. The van der Waals surface area contributed by atoms with Gasteiger partial charge in [-0.15, -0.1) is 0 Å². The summed E-state index contributed by atoms with van der Waals surface area (Å²) >= 11 is 0. The maximum Gasteiger partial charge on any atom is 0.0224 e. The predicted octanol–water partition coefficient (Wildman–Crippen LogP) is 4.15. The fourth-order valence-corrected chi connectivity index (χ4v) is 5.94. The van der Waals surface area contributed by atoms with Gasteiger partial charge in [-0.25, -0.2) is 0 Å². The Hall–Kier alpha value is -0.0800. The van der Waals surface area contributed by atoms with Crippen molar-refractivity contribution in [2.75, 3.05) is 19.6 Å². The van der Waals surface area contributed by atoms with Gasteiger partial charge in [0.2, 0.25) is 0 Å². The van der Waals surface area contributed by atoms with Gasteiger partial charge < -0.3 is 0 Å². The van der Waals surface area contributed by atoms with Crippen molar-refractivity contribution in [3.8, 4) is 0 Å². The monoisotopic (exact) mass is 292 g/mol. The molecule has 1 saturated carbocycles. The van der Waals surface area contributed by atoms with E-state index in [1.54, 1.807) is 0 Å². The van der Waals surface area contributed by atoms with Crippen LogP contribution in [0.2, 0.25) is 0 Å². The van der Waals surface area contributed by atoms with Crippen LogP contribution in [0.4, 0.5) is 0 Å². The summed E-state index contributed by atoms with van der Waals surface area (Å²) < 4.78 is 0. The summed E-state index contributed by atoms with van der Waals surface area (Å²) in [6.07, 6.45) is 8.37. The minimum Gasteiger partial charge on any atom is -0.298 e. The van der Waals surface area contributed by atoms with Crippen molar-refractivity contribution in [1.82, 2.24) is 9.80 Å². The third kappa shape index (κ3) is 3.32. The third-order valence-corrected chi connectivity index (χ3v) is 6.31. The van der Waals surface area contributed by atoms with Crippen molar-refractivity contribution >= 4 is 0 Å². The summed E-state index contributed by atoms with van der Waals surface area (Å²) in [7, 11) is 0. The molecule has 0 amide bonds. The van der Waals surface area contributed by atoms with Gasteiger partial charge in [0, 0.05) is 31.2 Å². The average Bonchev–Trinajstić information content (AvgIpc) is 2.80. The maximum atomic E-state index is 2.94. The highest BCUT2D eigenvalue weighted by molar-refractivity contribution is 4.99. The van der Waals surface area contributed by atoms with Crippen LogP contribution >= 0.6 is 0 Å². The minimum atomic E-state index is 0.511. The van der Waals surface area contributed by atoms with Crippen molar-refractivity contribution in [3.05, 3.63) is 0 Å². The van der Waals surface area contributed by atoms with Crippen LogP contribution in [0.5, 0.6) is 0 Å². The molecule has 21 heavy (non-hydrogen) atoms. The minimum absolute atomic E-state index is 0.511. The third-order valence-electron chi connectivity index (χ3n) is 6.31. The highest BCUT2D eigenvalue weighted by atomic mass is 15.3. The molecule has 0 bridgehead atoms. The van der Waals surface area contributed by atoms with Gasteiger partial charge in [0.1, 0.15) is 0 Å². The second-order valence-electron chi connectivity index (χ2n) is 9.62. The molecule has 2 aliphatic heterocycles. The molecule has 3 rings (SSSR count). The lowest BCUT2D eigenvalue weighted by molar-refractivity contribution is -0.0386. The van der Waals surface area contributed by atoms with Gasteiger partial charge >= 0.3 is 0 Å². The smallest absolute Gasteiger partial charge is 0.0224 e. The molecule has 0 radical (unpaired) electrons. The molecule has 0 aromatic rings. The van der Waals surface area contributed by atoms with Crippen molar-refractivity contribution in [2.24, 2.45) is 10.8 Å². The first-order valence-electron chi connectivity index (χ1n) is 9.29. The fraction of sp³-hybridized carbons (Fsp3) is 1.00. The number of hydrogen-bond donors (Lipinski definition) is 0. The molecule has 0 aromatic heterocycles. The van der Waals surface area contributed by atoms with Crippen LogP contribution in [0.25, 0.3) is 0 Å². The first kappa shape index (κ1) is 15.8. The molecule has 2 nitrogen and oxygen atoms in total. The van der Waals surface area contributed by atoms with E-state index in [0.717, 1.165) is 18.1 Å². The van der Waals surface area contributed by atoms with E-state index in [1.165, 1.54) is 58.2 Å². The van der Waals surface area contributed by atoms with Gasteiger partial charge in [-0.1, -0.05) is 34.6 Å². The highest BCUT2D eigenvalue weighted by Gasteiger charge is 2.45. The zero-order valence-electron chi connectivity index (χ0n) is 15.0. The molecule has 0 aromatic carbocycles. The van der Waals surface area contributed by atoms with Crippen LogP contribution in [-0.4, -0.2) is 47.6 Å². The molecule has 2 saturated heterocycles. The van der Waals surface area contributed by atoms with Gasteiger partial charge in [-0.2, -0.15) is 0 Å². The van der Waals surface area contributed by atoms with Crippen LogP contribution in [0.15, 0.2) is 0 Å². The van der Waals surface area contributed by atoms with Crippen molar-refractivity contribution in [3.63, 3.8) is 0 Å². The summed E-state index contributed by atoms with van der Waals surface area (Å²) in [5.41, 5.74) is 1.02. The van der Waals surface area contributed by atoms with E-state index in [1.807, 2.05) is 0 Å². The van der Waals surface area contributed by atoms with E-state index in [2.05, 4.69) is 44.4 Å². The standard InChI is InChI=1S/C19H36N2/c1-6-15-12-20-9-7-8-16(20)13-21(15)17-10-18(2,3)14-19(4,5)11-17/h15-17H,6-14H2,1-5H3. The summed E-state index contributed by atoms with van der Waals surface area (Å²) in [6, 6.07) is 2.48. The fourth-order valence-electron chi connectivity index (χ4n) is 5.94. The first-order valence-corrected chi connectivity index (χ1v) is 9.29. The van der Waals surface area contributed by atoms with Crippen LogP contribution in [0, 0.1) is 10.8 Å². The Morgan fingerprint density at radius 3 is 2.24 bits per heavy atom. The number of hydrogen-bond acceptors (Lipinski definition) is 2. The Kier molecular flexibility index (Phi) is 4.16. The van der Waals surface area contributed by atoms with Gasteiger partial charge in [0.25, 0.3) is 0 Å². The lowest BCUT2D eigenvalue weighted by atomic mass is 9.63. The molecule has 1 aliphatic carbocycles. The molecular formula is C19H36N2. The van der Waals surface area contributed by atoms with Crippen molar-refractivity contribution in [1.29, 1.82) is 0 Å². The maximum absolute atomic E-state index is 2.94. The van der Waals surface area contributed by atoms with E-state index in [9.17, 15) is 0 Å². The van der Waals surface area contributed by atoms with Gasteiger partial charge in [-0.05, 0) is 55.9 Å². The molecular weight excluding hydrogens is 256 g/mol. The quantitative estimate of drug-likeness (QED) is 0.754. The van der Waals surface area contributed by atoms with Crippen molar-refractivity contribution < 1.29 is 0 Å². The Morgan fingerprint density at radius 1 is 0.952 bits per heavy atom. The topological polar surface area (TPSA) is 6.48 Å². The van der Waals surface area contributed by atoms with Crippen molar-refractivity contribution in [2.45, 2.75) is 91.3 Å². The molecule has 2 heteroatoms. The number of rotatable bonds is 2. The number of fused-ring (bicyclic) bond motifs is 1. The first-order chi connectivity index (χ1) is 9.80. The molecule has 2 heterocycles. The van der Waals surface area contributed by atoms with Crippen LogP contribution in [-0.2, 0) is 0 Å². The van der Waals surface area contributed by atoms with Gasteiger partial charge in [-0.3, -0.25) is 9.80 Å².